The van der Waals surface area contributed by atoms with E-state index in [1.807, 2.05) is 0 Å². The summed E-state index contributed by atoms with van der Waals surface area (Å²) >= 11 is 0. The van der Waals surface area contributed by atoms with Crippen molar-refractivity contribution < 1.29 is 19.7 Å². The maximum Gasteiger partial charge on any atom is 0.304 e. The Morgan fingerprint density at radius 3 is 1.84 bits per heavy atom. The van der Waals surface area contributed by atoms with Crippen LogP contribution in [0.1, 0.15) is 116 Å². The number of unbranched alkanes of at least 4 members (excludes halogenated alkanes) is 14. The molecule has 0 aromatic heterocycles. The summed E-state index contributed by atoms with van der Waals surface area (Å²) in [4.78, 5) is 10.5. The maximum absolute atomic E-state index is 10.5. The topological polar surface area (TPSA) is 78.8 Å². The molecule has 31 heavy (non-hydrogen) atoms. The van der Waals surface area contributed by atoms with Crippen molar-refractivity contribution in [1.29, 1.82) is 0 Å². The third kappa shape index (κ3) is 22.1. The van der Waals surface area contributed by atoms with Crippen molar-refractivity contribution in [2.24, 2.45) is 0 Å². The third-order valence-corrected chi connectivity index (χ3v) is 5.82. The summed E-state index contributed by atoms with van der Waals surface area (Å²) in [6, 6.07) is 0. The monoisotopic (exact) mass is 441 g/mol. The highest BCUT2D eigenvalue weighted by atomic mass is 16.5. The highest BCUT2D eigenvalue weighted by molar-refractivity contribution is 5.66. The second kappa shape index (κ2) is 23.7. The normalized spacial score (nSPS) is 13.2. The van der Waals surface area contributed by atoms with E-state index in [4.69, 9.17) is 9.84 Å². The zero-order valence-corrected chi connectivity index (χ0v) is 20.3. The molecule has 0 bridgehead atoms. The molecule has 0 aromatic rings. The lowest BCUT2D eigenvalue weighted by Gasteiger charge is -2.23. The second-order valence-electron chi connectivity index (χ2n) is 8.81. The third-order valence-electron chi connectivity index (χ3n) is 5.82. The van der Waals surface area contributed by atoms with Gasteiger partial charge < -0.3 is 20.3 Å². The minimum Gasteiger partial charge on any atom is -0.481 e. The molecule has 2 atom stereocenters. The first-order chi connectivity index (χ1) is 15.1. The fourth-order valence-corrected chi connectivity index (χ4v) is 3.87. The van der Waals surface area contributed by atoms with E-state index >= 15 is 0 Å². The number of carboxylic acid groups (broad SMARTS) is 1. The molecule has 0 aliphatic carbocycles. The molecule has 0 rings (SSSR count). The highest BCUT2D eigenvalue weighted by Crippen LogP contribution is 2.15. The number of nitrogens with one attached hydrogen (secondary N) is 1. The number of aliphatic hydroxyl groups is 1. The summed E-state index contributed by atoms with van der Waals surface area (Å²) in [5, 5.41) is 22.0. The highest BCUT2D eigenvalue weighted by Gasteiger charge is 2.19. The van der Waals surface area contributed by atoms with Crippen molar-refractivity contribution in [2.75, 3.05) is 19.7 Å². The van der Waals surface area contributed by atoms with E-state index in [1.54, 1.807) is 6.08 Å². The van der Waals surface area contributed by atoms with Crippen LogP contribution in [0.3, 0.4) is 0 Å². The van der Waals surface area contributed by atoms with Gasteiger partial charge in [-0.1, -0.05) is 109 Å². The molecular formula is C26H51NO4. The molecular weight excluding hydrogens is 390 g/mol. The van der Waals surface area contributed by atoms with Gasteiger partial charge in [-0.05, 0) is 6.42 Å². The van der Waals surface area contributed by atoms with Crippen molar-refractivity contribution in [1.82, 2.24) is 5.32 Å². The minimum atomic E-state index is -0.834. The Labute approximate surface area is 192 Å². The van der Waals surface area contributed by atoms with Crippen molar-refractivity contribution in [2.45, 2.75) is 128 Å². The van der Waals surface area contributed by atoms with Gasteiger partial charge in [0.2, 0.25) is 0 Å². The van der Waals surface area contributed by atoms with Gasteiger partial charge in [0.25, 0.3) is 0 Å². The standard InChI is InChI=1S/C26H51NO4/c1-3-5-6-7-8-9-10-11-12-13-14-15-16-17-18-19-25(31-22-4-2)24(28)23-27-21-20-26(29)30/h4,24-25,27-28H,2-3,5-23H2,1H3,(H,29,30). The van der Waals surface area contributed by atoms with Crippen LogP contribution in [0.25, 0.3) is 0 Å². The van der Waals surface area contributed by atoms with Crippen molar-refractivity contribution in [3.63, 3.8) is 0 Å². The number of hydrogen-bond donors (Lipinski definition) is 3. The number of aliphatic hydroxyl groups excluding tert-OH is 1. The smallest absolute Gasteiger partial charge is 0.304 e. The Balaban J connectivity index is 3.61. The van der Waals surface area contributed by atoms with Crippen LogP contribution in [-0.2, 0) is 9.53 Å². The molecule has 0 saturated heterocycles. The first-order valence-electron chi connectivity index (χ1n) is 12.9. The largest absolute Gasteiger partial charge is 0.481 e. The van der Waals surface area contributed by atoms with Gasteiger partial charge in [0.05, 0.1) is 25.2 Å². The zero-order valence-electron chi connectivity index (χ0n) is 20.3. The minimum absolute atomic E-state index is 0.0595. The quantitative estimate of drug-likeness (QED) is 0.115. The molecule has 3 N–H and O–H groups in total. The van der Waals surface area contributed by atoms with Crippen molar-refractivity contribution in [3.05, 3.63) is 12.7 Å². The molecule has 184 valence electrons. The van der Waals surface area contributed by atoms with E-state index in [0.717, 1.165) is 12.8 Å². The summed E-state index contributed by atoms with van der Waals surface area (Å²) in [7, 11) is 0. The van der Waals surface area contributed by atoms with Gasteiger partial charge in [0.15, 0.2) is 0 Å². The van der Waals surface area contributed by atoms with Gasteiger partial charge in [-0.2, -0.15) is 0 Å². The van der Waals surface area contributed by atoms with Crippen LogP contribution in [0.2, 0.25) is 0 Å². The lowest BCUT2D eigenvalue weighted by Crippen LogP contribution is -2.38. The van der Waals surface area contributed by atoms with E-state index in [2.05, 4.69) is 18.8 Å². The van der Waals surface area contributed by atoms with Gasteiger partial charge in [0.1, 0.15) is 0 Å². The molecule has 0 aliphatic heterocycles. The summed E-state index contributed by atoms with van der Waals surface area (Å²) in [5.41, 5.74) is 0. The van der Waals surface area contributed by atoms with Crippen LogP contribution >= 0.6 is 0 Å². The second-order valence-corrected chi connectivity index (χ2v) is 8.81. The molecule has 0 spiro atoms. The van der Waals surface area contributed by atoms with E-state index in [9.17, 15) is 9.90 Å². The van der Waals surface area contributed by atoms with Gasteiger partial charge in [-0.3, -0.25) is 4.79 Å². The first kappa shape index (κ1) is 30.1. The molecule has 0 aliphatic rings. The van der Waals surface area contributed by atoms with Crippen molar-refractivity contribution in [3.8, 4) is 0 Å². The molecule has 2 unspecified atom stereocenters. The van der Waals surface area contributed by atoms with E-state index < -0.39 is 12.1 Å². The number of rotatable bonds is 25. The zero-order chi connectivity index (χ0) is 23.0. The lowest BCUT2D eigenvalue weighted by atomic mass is 10.0. The van der Waals surface area contributed by atoms with Gasteiger partial charge in [0, 0.05) is 13.1 Å². The van der Waals surface area contributed by atoms with Gasteiger partial charge >= 0.3 is 5.97 Å². The number of ether oxygens (including phenoxy) is 1. The molecule has 0 heterocycles. The average Bonchev–Trinajstić information content (AvgIpc) is 2.75. The fraction of sp³-hybridized carbons (Fsp3) is 0.885. The van der Waals surface area contributed by atoms with Crippen molar-refractivity contribution >= 4 is 5.97 Å². The number of hydrogen-bond acceptors (Lipinski definition) is 4. The molecule has 5 heteroatoms. The Bertz CT molecular complexity index is 403. The molecule has 0 amide bonds. The van der Waals surface area contributed by atoms with Crippen LogP contribution < -0.4 is 5.32 Å². The molecule has 0 radical (unpaired) electrons. The summed E-state index contributed by atoms with van der Waals surface area (Å²) < 4.78 is 5.73. The number of carbonyl (C=O) groups is 1. The van der Waals surface area contributed by atoms with Gasteiger partial charge in [-0.15, -0.1) is 6.58 Å². The Kier molecular flexibility index (Phi) is 23.0. The average molecular weight is 442 g/mol. The van der Waals surface area contributed by atoms with E-state index in [-0.39, 0.29) is 12.5 Å². The Morgan fingerprint density at radius 2 is 1.39 bits per heavy atom. The van der Waals surface area contributed by atoms with Crippen LogP contribution in [0.5, 0.6) is 0 Å². The molecule has 0 fully saturated rings. The molecule has 0 saturated carbocycles. The van der Waals surface area contributed by atoms with Crippen LogP contribution in [0.4, 0.5) is 0 Å². The van der Waals surface area contributed by atoms with E-state index in [1.165, 1.54) is 89.9 Å². The molecule has 5 nitrogen and oxygen atoms in total. The van der Waals surface area contributed by atoms with Crippen LogP contribution in [0.15, 0.2) is 12.7 Å². The van der Waals surface area contributed by atoms with Gasteiger partial charge in [-0.25, -0.2) is 0 Å². The SMILES string of the molecule is C=CCOC(CCCCCCCCCCCCCCCCC)C(O)CNCCC(=O)O. The van der Waals surface area contributed by atoms with E-state index in [0.29, 0.717) is 19.7 Å². The lowest BCUT2D eigenvalue weighted by molar-refractivity contribution is -0.136. The van der Waals surface area contributed by atoms with Crippen LogP contribution in [0, 0.1) is 0 Å². The number of carboxylic acids is 1. The summed E-state index contributed by atoms with van der Waals surface area (Å²) in [6.07, 6.45) is 21.8. The first-order valence-corrected chi connectivity index (χ1v) is 12.9. The predicted octanol–water partition coefficient (Wildman–Crippen LogP) is 6.24. The maximum atomic E-state index is 10.5. The van der Waals surface area contributed by atoms with Crippen LogP contribution in [-0.4, -0.2) is 48.1 Å². The Hall–Kier alpha value is -0.910. The molecule has 0 aromatic carbocycles. The Morgan fingerprint density at radius 1 is 0.903 bits per heavy atom. The number of aliphatic carboxylic acids is 1. The summed E-state index contributed by atoms with van der Waals surface area (Å²) in [6.45, 7) is 7.09. The fourth-order valence-electron chi connectivity index (χ4n) is 3.87. The predicted molar refractivity (Wildman–Crippen MR) is 131 cm³/mol. The summed E-state index contributed by atoms with van der Waals surface area (Å²) in [5.74, 6) is -0.834.